The van der Waals surface area contributed by atoms with Crippen molar-refractivity contribution < 1.29 is 0 Å². The van der Waals surface area contributed by atoms with Crippen molar-refractivity contribution in [2.45, 2.75) is 13.8 Å². The van der Waals surface area contributed by atoms with Gasteiger partial charge in [-0.15, -0.1) is 0 Å². The van der Waals surface area contributed by atoms with Crippen LogP contribution in [0.15, 0.2) is 12.3 Å². The zero-order chi connectivity index (χ0) is 8.72. The number of rotatable bonds is 0. The summed E-state index contributed by atoms with van der Waals surface area (Å²) in [4.78, 5) is 4.22. The van der Waals surface area contributed by atoms with Gasteiger partial charge in [0.25, 0.3) is 0 Å². The minimum absolute atomic E-state index is 1.04. The molecule has 0 amide bonds. The van der Waals surface area contributed by atoms with Gasteiger partial charge in [-0.25, -0.2) is 0 Å². The summed E-state index contributed by atoms with van der Waals surface area (Å²) in [5, 5.41) is 5.51. The van der Waals surface area contributed by atoms with Crippen LogP contribution in [0.5, 0.6) is 0 Å². The van der Waals surface area contributed by atoms with Crippen LogP contribution in [-0.4, -0.2) is 14.8 Å². The van der Waals surface area contributed by atoms with Gasteiger partial charge < -0.3 is 0 Å². The number of aromatic nitrogens is 3. The molecule has 0 unspecified atom stereocenters. The molecule has 0 spiro atoms. The predicted molar refractivity (Wildman–Crippen MR) is 48.0 cm³/mol. The van der Waals surface area contributed by atoms with Crippen LogP contribution in [0.25, 0.3) is 10.9 Å². The minimum atomic E-state index is 1.04. The predicted octanol–water partition coefficient (Wildman–Crippen LogP) is 1.59. The van der Waals surface area contributed by atoms with Gasteiger partial charge in [0, 0.05) is 18.1 Å². The molecule has 62 valence electrons. The third kappa shape index (κ3) is 0.897. The van der Waals surface area contributed by atoms with Crippen molar-refractivity contribution >= 4 is 10.9 Å². The van der Waals surface area contributed by atoms with Crippen molar-refractivity contribution in [3.05, 3.63) is 23.7 Å². The highest BCUT2D eigenvalue weighted by Gasteiger charge is 2.03. The first-order valence-electron chi connectivity index (χ1n) is 3.94. The zero-order valence-corrected chi connectivity index (χ0v) is 7.50. The lowest BCUT2D eigenvalue weighted by Gasteiger charge is -1.93. The van der Waals surface area contributed by atoms with E-state index in [-0.39, 0.29) is 0 Å². The Morgan fingerprint density at radius 3 is 2.83 bits per heavy atom. The van der Waals surface area contributed by atoms with Crippen LogP contribution in [-0.2, 0) is 7.05 Å². The molecule has 0 bridgehead atoms. The smallest absolute Gasteiger partial charge is 0.0865 e. The molecule has 0 fully saturated rings. The molecule has 0 atom stereocenters. The molecule has 0 aromatic carbocycles. The highest BCUT2D eigenvalue weighted by Crippen LogP contribution is 2.16. The van der Waals surface area contributed by atoms with Gasteiger partial charge in [-0.05, 0) is 19.9 Å². The van der Waals surface area contributed by atoms with E-state index in [0.717, 1.165) is 16.9 Å². The molecule has 0 N–H and O–H groups in total. The fourth-order valence-electron chi connectivity index (χ4n) is 1.43. The van der Waals surface area contributed by atoms with E-state index in [9.17, 15) is 0 Å². The Morgan fingerprint density at radius 1 is 1.33 bits per heavy atom. The second-order valence-electron chi connectivity index (χ2n) is 3.05. The van der Waals surface area contributed by atoms with Crippen molar-refractivity contribution in [3.63, 3.8) is 0 Å². The van der Waals surface area contributed by atoms with Gasteiger partial charge >= 0.3 is 0 Å². The third-order valence-corrected chi connectivity index (χ3v) is 2.06. The topological polar surface area (TPSA) is 30.7 Å². The lowest BCUT2D eigenvalue weighted by atomic mass is 10.2. The SMILES string of the molecule is Cc1cc2c(C)nn(C)c2cn1. The van der Waals surface area contributed by atoms with E-state index < -0.39 is 0 Å². The first kappa shape index (κ1) is 7.28. The zero-order valence-electron chi connectivity index (χ0n) is 7.50. The van der Waals surface area contributed by atoms with E-state index in [1.807, 2.05) is 31.8 Å². The van der Waals surface area contributed by atoms with Crippen LogP contribution in [0.4, 0.5) is 0 Å². The molecule has 0 aliphatic rings. The van der Waals surface area contributed by atoms with E-state index in [2.05, 4.69) is 16.1 Å². The largest absolute Gasteiger partial charge is 0.266 e. The number of hydrogen-bond donors (Lipinski definition) is 0. The second kappa shape index (κ2) is 2.30. The summed E-state index contributed by atoms with van der Waals surface area (Å²) in [5.41, 5.74) is 3.20. The first-order valence-corrected chi connectivity index (χ1v) is 3.94. The fourth-order valence-corrected chi connectivity index (χ4v) is 1.43. The second-order valence-corrected chi connectivity index (χ2v) is 3.05. The van der Waals surface area contributed by atoms with Gasteiger partial charge in [-0.1, -0.05) is 0 Å². The van der Waals surface area contributed by atoms with Crippen LogP contribution in [0.1, 0.15) is 11.4 Å². The molecular weight excluding hydrogens is 150 g/mol. The molecule has 0 radical (unpaired) electrons. The van der Waals surface area contributed by atoms with E-state index in [4.69, 9.17) is 0 Å². The average Bonchev–Trinajstić information content (AvgIpc) is 2.28. The number of nitrogens with zero attached hydrogens (tertiary/aromatic N) is 3. The first-order chi connectivity index (χ1) is 5.68. The molecule has 2 heterocycles. The number of aryl methyl sites for hydroxylation is 3. The van der Waals surface area contributed by atoms with Gasteiger partial charge in [-0.3, -0.25) is 9.67 Å². The Balaban J connectivity index is 2.90. The van der Waals surface area contributed by atoms with Crippen molar-refractivity contribution in [2.75, 3.05) is 0 Å². The summed E-state index contributed by atoms with van der Waals surface area (Å²) in [6.07, 6.45) is 1.87. The molecule has 0 saturated carbocycles. The van der Waals surface area contributed by atoms with Crippen LogP contribution in [0.3, 0.4) is 0 Å². The van der Waals surface area contributed by atoms with Crippen LogP contribution >= 0.6 is 0 Å². The average molecular weight is 161 g/mol. The molecule has 3 heteroatoms. The van der Waals surface area contributed by atoms with Crippen LogP contribution in [0.2, 0.25) is 0 Å². The Labute approximate surface area is 71.0 Å². The highest BCUT2D eigenvalue weighted by atomic mass is 15.3. The molecule has 12 heavy (non-hydrogen) atoms. The molecule has 0 aliphatic heterocycles. The Kier molecular flexibility index (Phi) is 1.40. The minimum Gasteiger partial charge on any atom is -0.266 e. The standard InChI is InChI=1S/C9H11N3/c1-6-4-8-7(2)11-12(3)9(8)5-10-6/h4-5H,1-3H3. The van der Waals surface area contributed by atoms with Gasteiger partial charge in [0.2, 0.25) is 0 Å². The summed E-state index contributed by atoms with van der Waals surface area (Å²) in [7, 11) is 1.94. The summed E-state index contributed by atoms with van der Waals surface area (Å²) >= 11 is 0. The van der Waals surface area contributed by atoms with Crippen molar-refractivity contribution in [3.8, 4) is 0 Å². The molecule has 3 nitrogen and oxygen atoms in total. The van der Waals surface area contributed by atoms with Gasteiger partial charge in [0.1, 0.15) is 0 Å². The lowest BCUT2D eigenvalue weighted by Crippen LogP contribution is -1.89. The molecule has 0 aliphatic carbocycles. The normalized spacial score (nSPS) is 10.9. The van der Waals surface area contributed by atoms with E-state index in [1.54, 1.807) is 0 Å². The Hall–Kier alpha value is -1.38. The summed E-state index contributed by atoms with van der Waals surface area (Å²) in [6.45, 7) is 4.01. The van der Waals surface area contributed by atoms with E-state index >= 15 is 0 Å². The highest BCUT2D eigenvalue weighted by molar-refractivity contribution is 5.81. The van der Waals surface area contributed by atoms with Crippen molar-refractivity contribution in [2.24, 2.45) is 7.05 Å². The van der Waals surface area contributed by atoms with Crippen LogP contribution < -0.4 is 0 Å². The molecule has 0 saturated heterocycles. The maximum Gasteiger partial charge on any atom is 0.0865 e. The van der Waals surface area contributed by atoms with Crippen molar-refractivity contribution in [1.29, 1.82) is 0 Å². The fraction of sp³-hybridized carbons (Fsp3) is 0.333. The van der Waals surface area contributed by atoms with E-state index in [0.29, 0.717) is 0 Å². The summed E-state index contributed by atoms with van der Waals surface area (Å²) < 4.78 is 1.86. The van der Waals surface area contributed by atoms with Crippen LogP contribution in [0, 0.1) is 13.8 Å². The monoisotopic (exact) mass is 161 g/mol. The van der Waals surface area contributed by atoms with Gasteiger partial charge in [-0.2, -0.15) is 5.10 Å². The Bertz CT molecular complexity index is 429. The number of fused-ring (bicyclic) bond motifs is 1. The molecular formula is C9H11N3. The maximum atomic E-state index is 4.31. The van der Waals surface area contributed by atoms with Gasteiger partial charge in [0.05, 0.1) is 17.4 Å². The lowest BCUT2D eigenvalue weighted by molar-refractivity contribution is 0.782. The number of pyridine rings is 1. The summed E-state index contributed by atoms with van der Waals surface area (Å²) in [5.74, 6) is 0. The molecule has 2 aromatic rings. The quantitative estimate of drug-likeness (QED) is 0.587. The van der Waals surface area contributed by atoms with Gasteiger partial charge in [0.15, 0.2) is 0 Å². The molecule has 2 rings (SSSR count). The Morgan fingerprint density at radius 2 is 2.08 bits per heavy atom. The molecule has 2 aromatic heterocycles. The third-order valence-electron chi connectivity index (χ3n) is 2.06. The van der Waals surface area contributed by atoms with Crippen molar-refractivity contribution in [1.82, 2.24) is 14.8 Å². The maximum absolute atomic E-state index is 4.31. The summed E-state index contributed by atoms with van der Waals surface area (Å²) in [6, 6.07) is 2.07. The number of hydrogen-bond acceptors (Lipinski definition) is 2. The van der Waals surface area contributed by atoms with E-state index in [1.165, 1.54) is 5.39 Å².